The van der Waals surface area contributed by atoms with Gasteiger partial charge in [0.2, 0.25) is 5.95 Å². The first-order valence-corrected chi connectivity index (χ1v) is 10.3. The number of nitrogens with zero attached hydrogens (tertiary/aromatic N) is 4. The van der Waals surface area contributed by atoms with Crippen LogP contribution in [0.25, 0.3) is 0 Å². The van der Waals surface area contributed by atoms with E-state index in [4.69, 9.17) is 12.2 Å². The lowest BCUT2D eigenvalue weighted by Crippen LogP contribution is -2.28. The number of aromatic nitrogens is 4. The molecule has 9 nitrogen and oxygen atoms in total. The number of rotatable bonds is 7. The van der Waals surface area contributed by atoms with Crippen molar-refractivity contribution >= 4 is 39.0 Å². The summed E-state index contributed by atoms with van der Waals surface area (Å²) in [5.74, 6) is 0.0144. The van der Waals surface area contributed by atoms with E-state index in [0.29, 0.717) is 17.3 Å². The van der Waals surface area contributed by atoms with E-state index in [9.17, 15) is 8.42 Å². The van der Waals surface area contributed by atoms with E-state index in [1.54, 1.807) is 18.2 Å². The second-order valence-electron chi connectivity index (χ2n) is 5.67. The molecule has 0 spiro atoms. The molecule has 0 unspecified atom stereocenters. The van der Waals surface area contributed by atoms with Crippen molar-refractivity contribution in [2.45, 2.75) is 24.9 Å². The molecule has 0 aliphatic carbocycles. The van der Waals surface area contributed by atoms with Crippen LogP contribution in [0, 0.1) is 0 Å². The molecular weight excluding hydrogens is 398 g/mol. The van der Waals surface area contributed by atoms with Gasteiger partial charge in [-0.1, -0.05) is 0 Å². The first kappa shape index (κ1) is 19.7. The Hall–Kier alpha value is -3.05. The fourth-order valence-electron chi connectivity index (χ4n) is 2.27. The lowest BCUT2D eigenvalue weighted by molar-refractivity contribution is 0.601. The van der Waals surface area contributed by atoms with Gasteiger partial charge < -0.3 is 10.6 Å². The smallest absolute Gasteiger partial charge is 0.264 e. The van der Waals surface area contributed by atoms with Crippen LogP contribution >= 0.6 is 12.2 Å². The molecule has 0 bridgehead atoms. The van der Waals surface area contributed by atoms with Crippen molar-refractivity contribution in [3.8, 4) is 0 Å². The maximum Gasteiger partial charge on any atom is 0.264 e. The number of aryl methyl sites for hydroxylation is 1. The molecule has 0 atom stereocenters. The van der Waals surface area contributed by atoms with E-state index in [-0.39, 0.29) is 10.8 Å². The van der Waals surface area contributed by atoms with Crippen molar-refractivity contribution in [2.75, 3.05) is 10.0 Å². The molecule has 3 aromatic rings. The largest absolute Gasteiger partial charge is 0.357 e. The summed E-state index contributed by atoms with van der Waals surface area (Å²) in [5, 5.41) is 10.8. The SMILES string of the molecule is CCn1ccc(CNC(=S)Nc2ccc(S(=O)(=O)Nc3ncccn3)cc2)n1. The van der Waals surface area contributed by atoms with Crippen LogP contribution in [0.1, 0.15) is 12.6 Å². The van der Waals surface area contributed by atoms with E-state index in [1.807, 2.05) is 23.9 Å². The standard InChI is InChI=1S/C17H19N7O2S2/c1-2-24-11-8-14(22-24)12-20-17(27)21-13-4-6-15(7-5-13)28(25,26)23-16-18-9-3-10-19-16/h3-11H,2,12H2,1H3,(H,18,19,23)(H2,20,21,27). The highest BCUT2D eigenvalue weighted by atomic mass is 32.2. The Labute approximate surface area is 168 Å². The van der Waals surface area contributed by atoms with Crippen LogP contribution in [0.15, 0.2) is 59.9 Å². The van der Waals surface area contributed by atoms with Gasteiger partial charge in [0.15, 0.2) is 5.11 Å². The van der Waals surface area contributed by atoms with Crippen LogP contribution in [0.4, 0.5) is 11.6 Å². The first-order valence-electron chi connectivity index (χ1n) is 8.43. The third-order valence-corrected chi connectivity index (χ3v) is 5.25. The molecule has 0 radical (unpaired) electrons. The number of hydrogen-bond acceptors (Lipinski definition) is 6. The summed E-state index contributed by atoms with van der Waals surface area (Å²) in [6.07, 6.45) is 4.82. The van der Waals surface area contributed by atoms with E-state index in [1.165, 1.54) is 24.5 Å². The van der Waals surface area contributed by atoms with Crippen molar-refractivity contribution in [3.05, 3.63) is 60.7 Å². The molecule has 3 N–H and O–H groups in total. The van der Waals surface area contributed by atoms with E-state index in [0.717, 1.165) is 12.2 Å². The lowest BCUT2D eigenvalue weighted by atomic mass is 10.3. The average molecular weight is 418 g/mol. The molecule has 0 saturated heterocycles. The van der Waals surface area contributed by atoms with Gasteiger partial charge in [0.25, 0.3) is 10.0 Å². The molecule has 146 valence electrons. The van der Waals surface area contributed by atoms with Gasteiger partial charge in [-0.3, -0.25) is 4.68 Å². The monoisotopic (exact) mass is 417 g/mol. The third-order valence-electron chi connectivity index (χ3n) is 3.66. The van der Waals surface area contributed by atoms with Gasteiger partial charge in [0, 0.05) is 30.8 Å². The van der Waals surface area contributed by atoms with Crippen molar-refractivity contribution in [3.63, 3.8) is 0 Å². The Kier molecular flexibility index (Phi) is 6.16. The zero-order chi connectivity index (χ0) is 20.0. The predicted molar refractivity (Wildman–Crippen MR) is 110 cm³/mol. The summed E-state index contributed by atoms with van der Waals surface area (Å²) in [5.41, 5.74) is 1.54. The zero-order valence-electron chi connectivity index (χ0n) is 15.0. The fourth-order valence-corrected chi connectivity index (χ4v) is 3.42. The molecular formula is C17H19N7O2S2. The number of anilines is 2. The lowest BCUT2D eigenvalue weighted by Gasteiger charge is -2.11. The Morgan fingerprint density at radius 3 is 2.50 bits per heavy atom. The summed E-state index contributed by atoms with van der Waals surface area (Å²) in [4.78, 5) is 7.80. The van der Waals surface area contributed by atoms with Gasteiger partial charge in [-0.05, 0) is 55.5 Å². The average Bonchev–Trinajstić information content (AvgIpc) is 3.15. The van der Waals surface area contributed by atoms with Gasteiger partial charge >= 0.3 is 0 Å². The van der Waals surface area contributed by atoms with Crippen molar-refractivity contribution in [1.82, 2.24) is 25.1 Å². The highest BCUT2D eigenvalue weighted by Gasteiger charge is 2.15. The van der Waals surface area contributed by atoms with Crippen LogP contribution in [0.5, 0.6) is 0 Å². The van der Waals surface area contributed by atoms with Crippen molar-refractivity contribution in [1.29, 1.82) is 0 Å². The van der Waals surface area contributed by atoms with E-state index < -0.39 is 10.0 Å². The van der Waals surface area contributed by atoms with Gasteiger partial charge in [0.05, 0.1) is 17.1 Å². The molecule has 0 fully saturated rings. The first-order chi connectivity index (χ1) is 13.5. The third kappa shape index (κ3) is 5.24. The Balaban J connectivity index is 1.56. The van der Waals surface area contributed by atoms with Gasteiger partial charge in [-0.2, -0.15) is 5.10 Å². The fraction of sp³-hybridized carbons (Fsp3) is 0.176. The van der Waals surface area contributed by atoms with Crippen LogP contribution in [-0.4, -0.2) is 33.3 Å². The van der Waals surface area contributed by atoms with Gasteiger partial charge in [-0.25, -0.2) is 23.1 Å². The van der Waals surface area contributed by atoms with Gasteiger partial charge in [0.1, 0.15) is 0 Å². The summed E-state index contributed by atoms with van der Waals surface area (Å²) < 4.78 is 28.9. The second-order valence-corrected chi connectivity index (χ2v) is 7.76. The second kappa shape index (κ2) is 8.76. The molecule has 28 heavy (non-hydrogen) atoms. The van der Waals surface area contributed by atoms with Crippen LogP contribution in [0.3, 0.4) is 0 Å². The molecule has 2 heterocycles. The molecule has 1 aromatic carbocycles. The van der Waals surface area contributed by atoms with E-state index in [2.05, 4.69) is 30.4 Å². The zero-order valence-corrected chi connectivity index (χ0v) is 16.7. The number of hydrogen-bond donors (Lipinski definition) is 3. The van der Waals surface area contributed by atoms with Crippen LogP contribution < -0.4 is 15.4 Å². The summed E-state index contributed by atoms with van der Waals surface area (Å²) >= 11 is 5.26. The summed E-state index contributed by atoms with van der Waals surface area (Å²) in [6.45, 7) is 3.32. The Morgan fingerprint density at radius 2 is 1.86 bits per heavy atom. The maximum absolute atomic E-state index is 12.4. The van der Waals surface area contributed by atoms with Gasteiger partial charge in [-0.15, -0.1) is 0 Å². The highest BCUT2D eigenvalue weighted by Crippen LogP contribution is 2.16. The molecule has 0 aliphatic heterocycles. The molecule has 11 heteroatoms. The maximum atomic E-state index is 12.4. The normalized spacial score (nSPS) is 11.0. The summed E-state index contributed by atoms with van der Waals surface area (Å²) in [6, 6.07) is 9.71. The molecule has 0 saturated carbocycles. The number of benzene rings is 1. The number of sulfonamides is 1. The topological polar surface area (TPSA) is 114 Å². The molecule has 2 aromatic heterocycles. The number of nitrogens with one attached hydrogen (secondary N) is 3. The molecule has 3 rings (SSSR count). The summed E-state index contributed by atoms with van der Waals surface area (Å²) in [7, 11) is -3.77. The Morgan fingerprint density at radius 1 is 1.14 bits per heavy atom. The quantitative estimate of drug-likeness (QED) is 0.500. The number of thiocarbonyl (C=S) groups is 1. The van der Waals surface area contributed by atoms with Crippen molar-refractivity contribution < 1.29 is 8.42 Å². The van der Waals surface area contributed by atoms with Crippen molar-refractivity contribution in [2.24, 2.45) is 0 Å². The molecule has 0 aliphatic rings. The minimum absolute atomic E-state index is 0.0144. The van der Waals surface area contributed by atoms with Crippen LogP contribution in [0.2, 0.25) is 0 Å². The predicted octanol–water partition coefficient (Wildman–Crippen LogP) is 1.98. The Bertz CT molecular complexity index is 1030. The molecule has 0 amide bonds. The van der Waals surface area contributed by atoms with E-state index >= 15 is 0 Å². The minimum atomic E-state index is -3.77. The minimum Gasteiger partial charge on any atom is -0.357 e. The van der Waals surface area contributed by atoms with Crippen LogP contribution in [-0.2, 0) is 23.1 Å². The highest BCUT2D eigenvalue weighted by molar-refractivity contribution is 7.92.